The molecule has 0 aromatic heterocycles. The number of rotatable bonds is 6. The molecule has 12 heteroatoms. The third kappa shape index (κ3) is 5.45. The van der Waals surface area contributed by atoms with Crippen molar-refractivity contribution in [3.05, 3.63) is 11.6 Å². The Bertz CT molecular complexity index is 1290. The molecule has 0 bridgehead atoms. The van der Waals surface area contributed by atoms with Crippen molar-refractivity contribution in [2.45, 2.75) is 152 Å². The van der Waals surface area contributed by atoms with Crippen molar-refractivity contribution in [2.24, 2.45) is 46.3 Å². The van der Waals surface area contributed by atoms with Gasteiger partial charge in [-0.15, -0.1) is 0 Å². The number of aliphatic hydroxyl groups is 6. The van der Waals surface area contributed by atoms with Crippen LogP contribution in [-0.2, 0) is 28.4 Å². The smallest absolute Gasteiger partial charge is 0.187 e. The van der Waals surface area contributed by atoms with Gasteiger partial charge in [-0.1, -0.05) is 39.3 Å². The number of aliphatic hydroxyl groups excluding tert-OH is 5. The van der Waals surface area contributed by atoms with Gasteiger partial charge in [0.25, 0.3) is 0 Å². The summed E-state index contributed by atoms with van der Waals surface area (Å²) in [7, 11) is 0. The first-order chi connectivity index (χ1) is 23.8. The normalized spacial score (nSPS) is 57.6. The molecule has 0 amide bonds. The molecule has 6 N–H and O–H groups in total. The Balaban J connectivity index is 0.916. The lowest BCUT2D eigenvalue weighted by Gasteiger charge is -2.58. The Hall–Kier alpha value is -0.740. The maximum Gasteiger partial charge on any atom is 0.187 e. The summed E-state index contributed by atoms with van der Waals surface area (Å²) in [5.41, 5.74) is -0.167. The molecule has 0 aromatic carbocycles. The summed E-state index contributed by atoms with van der Waals surface area (Å²) in [5.74, 6) is 3.00. The lowest BCUT2D eigenvalue weighted by molar-refractivity contribution is -0.336. The molecule has 4 saturated heterocycles. The van der Waals surface area contributed by atoms with Crippen LogP contribution < -0.4 is 0 Å². The summed E-state index contributed by atoms with van der Waals surface area (Å²) in [4.78, 5) is 0. The highest BCUT2D eigenvalue weighted by Gasteiger charge is 2.68. The van der Waals surface area contributed by atoms with Gasteiger partial charge in [0.05, 0.1) is 38.6 Å². The Morgan fingerprint density at radius 1 is 0.940 bits per heavy atom. The summed E-state index contributed by atoms with van der Waals surface area (Å²) < 4.78 is 36.8. The quantitative estimate of drug-likeness (QED) is 0.222. The van der Waals surface area contributed by atoms with Gasteiger partial charge in [-0.05, 0) is 91.8 Å². The highest BCUT2D eigenvalue weighted by molar-refractivity contribution is 5.26. The van der Waals surface area contributed by atoms with Crippen LogP contribution in [0, 0.1) is 46.3 Å². The zero-order valence-electron chi connectivity index (χ0n) is 30.1. The molecule has 3 saturated carbocycles. The highest BCUT2D eigenvalue weighted by atomic mass is 16.7. The maximum absolute atomic E-state index is 11.1. The Kier molecular flexibility index (Phi) is 9.38. The molecule has 7 fully saturated rings. The highest BCUT2D eigenvalue weighted by Crippen LogP contribution is 2.70. The number of hydrogen-bond acceptors (Lipinski definition) is 12. The van der Waals surface area contributed by atoms with E-state index in [0.717, 1.165) is 45.1 Å². The molecule has 4 heterocycles. The zero-order chi connectivity index (χ0) is 35.4. The average molecular weight is 709 g/mol. The fourth-order valence-electron chi connectivity index (χ4n) is 12.3. The topological polar surface area (TPSA) is 177 Å². The van der Waals surface area contributed by atoms with E-state index in [1.165, 1.54) is 24.8 Å². The average Bonchev–Trinajstić information content (AvgIpc) is 3.67. The molecule has 0 aromatic rings. The van der Waals surface area contributed by atoms with Gasteiger partial charge < -0.3 is 59.1 Å². The van der Waals surface area contributed by atoms with Gasteiger partial charge in [0.2, 0.25) is 0 Å². The summed E-state index contributed by atoms with van der Waals surface area (Å²) in [6, 6.07) is 0. The second-order valence-corrected chi connectivity index (χ2v) is 18.0. The van der Waals surface area contributed by atoms with Crippen molar-refractivity contribution in [3.63, 3.8) is 0 Å². The van der Waals surface area contributed by atoms with Crippen molar-refractivity contribution in [3.8, 4) is 0 Å². The Morgan fingerprint density at radius 3 is 2.44 bits per heavy atom. The molecule has 4 aliphatic carbocycles. The molecule has 8 aliphatic rings. The predicted octanol–water partition coefficient (Wildman–Crippen LogP) is 2.00. The van der Waals surface area contributed by atoms with Crippen LogP contribution >= 0.6 is 0 Å². The molecule has 19 atom stereocenters. The minimum absolute atomic E-state index is 0.0782. The summed E-state index contributed by atoms with van der Waals surface area (Å²) in [6.07, 6.45) is 2.26. The third-order valence-electron chi connectivity index (χ3n) is 15.3. The summed E-state index contributed by atoms with van der Waals surface area (Å²) in [6.45, 7) is 8.82. The molecule has 4 aliphatic heterocycles. The first-order valence-corrected chi connectivity index (χ1v) is 19.3. The molecular weight excluding hydrogens is 648 g/mol. The molecule has 1 spiro atoms. The molecular formula is C38H60O12. The molecule has 284 valence electrons. The van der Waals surface area contributed by atoms with Gasteiger partial charge in [-0.2, -0.15) is 0 Å². The first-order valence-electron chi connectivity index (χ1n) is 19.3. The van der Waals surface area contributed by atoms with Crippen molar-refractivity contribution in [1.82, 2.24) is 0 Å². The van der Waals surface area contributed by atoms with Crippen molar-refractivity contribution >= 4 is 0 Å². The van der Waals surface area contributed by atoms with Gasteiger partial charge in [-0.25, -0.2) is 0 Å². The Morgan fingerprint density at radius 2 is 1.74 bits per heavy atom. The van der Waals surface area contributed by atoms with Crippen LogP contribution in [0.15, 0.2) is 11.6 Å². The first kappa shape index (κ1) is 36.2. The molecule has 50 heavy (non-hydrogen) atoms. The molecule has 12 nitrogen and oxygen atoms in total. The molecule has 0 unspecified atom stereocenters. The SMILES string of the molecule is C[C@@H]1CC[C@@]2(OC1)O[C@H]1C[C@H]3[C@@H]4CC=C5C[C@@H](O[C@@H]6O[C@H](CO)[C@@H](O[C@@H]7OC[C@](O)(CO)[C@H]7O)[C@@H](O)[C@H]6O)CC[C@]5(C)[C@H]4CC[C@]3(C)[C@H]1[C@@H]2C. The fraction of sp³-hybridized carbons (Fsp3) is 0.947. The van der Waals surface area contributed by atoms with Gasteiger partial charge >= 0.3 is 0 Å². The predicted molar refractivity (Wildman–Crippen MR) is 177 cm³/mol. The van der Waals surface area contributed by atoms with Gasteiger partial charge in [0.1, 0.15) is 36.1 Å². The van der Waals surface area contributed by atoms with E-state index < -0.39 is 67.7 Å². The van der Waals surface area contributed by atoms with Crippen molar-refractivity contribution in [2.75, 3.05) is 26.4 Å². The van der Waals surface area contributed by atoms with E-state index in [9.17, 15) is 30.6 Å². The van der Waals surface area contributed by atoms with Crippen LogP contribution in [0.4, 0.5) is 0 Å². The fourth-order valence-corrected chi connectivity index (χ4v) is 12.3. The van der Waals surface area contributed by atoms with Crippen molar-refractivity contribution in [1.29, 1.82) is 0 Å². The summed E-state index contributed by atoms with van der Waals surface area (Å²) >= 11 is 0. The van der Waals surface area contributed by atoms with Gasteiger partial charge in [-0.3, -0.25) is 0 Å². The van der Waals surface area contributed by atoms with E-state index in [4.69, 9.17) is 28.4 Å². The largest absolute Gasteiger partial charge is 0.394 e. The van der Waals surface area contributed by atoms with Crippen LogP contribution in [0.25, 0.3) is 0 Å². The van der Waals surface area contributed by atoms with E-state index in [2.05, 4.69) is 33.8 Å². The zero-order valence-corrected chi connectivity index (χ0v) is 30.1. The minimum Gasteiger partial charge on any atom is -0.394 e. The molecule has 0 radical (unpaired) electrons. The van der Waals surface area contributed by atoms with Crippen LogP contribution in [-0.4, -0.2) is 124 Å². The monoisotopic (exact) mass is 708 g/mol. The third-order valence-corrected chi connectivity index (χ3v) is 15.3. The van der Waals surface area contributed by atoms with E-state index in [1.54, 1.807) is 0 Å². The van der Waals surface area contributed by atoms with E-state index in [0.29, 0.717) is 35.5 Å². The second-order valence-electron chi connectivity index (χ2n) is 18.0. The molecule has 8 rings (SSSR count). The van der Waals surface area contributed by atoms with Crippen molar-refractivity contribution < 1.29 is 59.1 Å². The van der Waals surface area contributed by atoms with E-state index >= 15 is 0 Å². The second kappa shape index (κ2) is 12.9. The number of allylic oxidation sites excluding steroid dienone is 1. The minimum atomic E-state index is -1.92. The van der Waals surface area contributed by atoms with Gasteiger partial charge in [0, 0.05) is 12.3 Å². The van der Waals surface area contributed by atoms with Crippen LogP contribution in [0.1, 0.15) is 85.5 Å². The number of hydrogen-bond donors (Lipinski definition) is 6. The van der Waals surface area contributed by atoms with E-state index in [-0.39, 0.29) is 29.6 Å². The van der Waals surface area contributed by atoms with Crippen LogP contribution in [0.5, 0.6) is 0 Å². The number of ether oxygens (including phenoxy) is 6. The van der Waals surface area contributed by atoms with E-state index in [1.807, 2.05) is 0 Å². The lowest BCUT2D eigenvalue weighted by atomic mass is 9.47. The lowest BCUT2D eigenvalue weighted by Crippen LogP contribution is -2.62. The van der Waals surface area contributed by atoms with Crippen LogP contribution in [0.3, 0.4) is 0 Å². The van der Waals surface area contributed by atoms with Crippen LogP contribution in [0.2, 0.25) is 0 Å². The summed E-state index contributed by atoms with van der Waals surface area (Å²) in [5, 5.41) is 62.5. The number of fused-ring (bicyclic) bond motifs is 7. The standard InChI is InChI=1S/C38H60O12/c1-19-7-12-38(46-16-19)20(2)28-26(50-38)14-25-23-6-5-21-13-22(8-10-35(21,3)24(23)9-11-36(25,28)4)47-33-30(42)29(41)31(27(15-39)48-33)49-34-32(43)37(44,17-40)18-45-34/h5,19-20,22-34,39-44H,6-18H2,1-4H3/t19-,20+,22+,23-,24+,25+,26+,27-,28+,29+,30-,31-,32+,33-,34+,35+,36+,37-,38-/m1/s1. The maximum atomic E-state index is 11.1. The van der Waals surface area contributed by atoms with Gasteiger partial charge in [0.15, 0.2) is 18.4 Å². The Labute approximate surface area is 295 Å².